The van der Waals surface area contributed by atoms with Crippen molar-refractivity contribution in [3.8, 4) is 5.75 Å². The number of anilines is 5. The van der Waals surface area contributed by atoms with Gasteiger partial charge >= 0.3 is 0 Å². The van der Waals surface area contributed by atoms with E-state index >= 15 is 0 Å². The Hall–Kier alpha value is -6.22. The fourth-order valence-corrected chi connectivity index (χ4v) is 11.4. The van der Waals surface area contributed by atoms with E-state index in [4.69, 9.17) is 52.1 Å². The van der Waals surface area contributed by atoms with Crippen LogP contribution in [-0.4, -0.2) is 139 Å². The molecule has 11 N–H and O–H groups in total. The number of thioether (sulfide) groups is 2. The van der Waals surface area contributed by atoms with E-state index in [2.05, 4.69) is 81.3 Å². The first kappa shape index (κ1) is 60.4. The zero-order chi connectivity index (χ0) is 58.0. The number of nitrogen functional groups attached to an aromatic ring is 1. The number of fused-ring (bicyclic) bond motifs is 1. The molecule has 0 aliphatic carbocycles. The molecule has 0 atom stereocenters. The van der Waals surface area contributed by atoms with Crippen LogP contribution in [0.3, 0.4) is 0 Å². The molecule has 44 heteroatoms. The summed E-state index contributed by atoms with van der Waals surface area (Å²) >= 11 is 25.6. The minimum atomic E-state index is -5.56. The van der Waals surface area contributed by atoms with Crippen LogP contribution >= 0.6 is 69.9 Å². The van der Waals surface area contributed by atoms with Gasteiger partial charge in [-0.25, -0.2) is 0 Å². The average Bonchev–Trinajstić information content (AvgIpc) is 3.46. The highest BCUT2D eigenvalue weighted by molar-refractivity contribution is 7.99. The summed E-state index contributed by atoms with van der Waals surface area (Å²) in [5.41, 5.74) is 0.802. The number of hydrogen-bond donors (Lipinski definition) is 10. The lowest BCUT2D eigenvalue weighted by Gasteiger charge is -2.14. The zero-order valence-corrected chi connectivity index (χ0v) is 46.7. The van der Waals surface area contributed by atoms with Crippen molar-refractivity contribution >= 4 is 183 Å². The van der Waals surface area contributed by atoms with E-state index in [9.17, 15) is 70.0 Å². The first-order valence-electron chi connectivity index (χ1n) is 20.3. The molecule has 7 rings (SSSR count). The second kappa shape index (κ2) is 23.9. The molecule has 79 heavy (non-hydrogen) atoms. The second-order valence-corrected chi connectivity index (χ2v) is 25.1. The standard InChI is InChI=1S/C35H27Cl4N17O16S7/c36-27-44-28(37)47-31(46-27)41-5-7-73-34-50-33(51-35(52-34)74-8-6-42-32-48-29(38)45-30(39)49-32)43-14-1-3-18(76(61,62)63)16(11-14)53-56-25-21(79(70,71)72)10-13-9-20(78(67,68)69)24(23(40)22(13)26(25)57)55-54-17-12-15(75(58,59)60)2-4-19(17)77(64,65)66/h1-4,9-12,57H,5-8,40H2,(H,58,59,60)(H,61,62,63)(H,64,65,66)(H,67,68,69)(H,70,71,72)(H,41,44,46,47)(H,42,45,48,49)(H,43,50,51,52). The van der Waals surface area contributed by atoms with E-state index in [1.165, 1.54) is 0 Å². The molecule has 7 aromatic rings. The van der Waals surface area contributed by atoms with E-state index in [1.807, 2.05) is 0 Å². The first-order chi connectivity index (χ1) is 36.7. The summed E-state index contributed by atoms with van der Waals surface area (Å²) in [7, 11) is -26.7. The minimum Gasteiger partial charge on any atom is -0.505 e. The number of aromatic nitrogens is 9. The van der Waals surface area contributed by atoms with Crippen molar-refractivity contribution in [3.63, 3.8) is 0 Å². The van der Waals surface area contributed by atoms with Crippen molar-refractivity contribution in [2.45, 2.75) is 34.8 Å². The van der Waals surface area contributed by atoms with Gasteiger partial charge in [0.05, 0.1) is 16.0 Å². The predicted octanol–water partition coefficient (Wildman–Crippen LogP) is 6.51. The summed E-state index contributed by atoms with van der Waals surface area (Å²) in [6, 6.07) is 5.12. The Morgan fingerprint density at radius 2 is 0.924 bits per heavy atom. The number of phenolic OH excluding ortho intramolecular Hbond substituents is 1. The normalized spacial score (nSPS) is 12.7. The highest BCUT2D eigenvalue weighted by Gasteiger charge is 2.29. The maximum absolute atomic E-state index is 12.8. The Kier molecular flexibility index (Phi) is 18.2. The number of hydrogen-bond acceptors (Lipinski definition) is 30. The molecule has 0 amide bonds. The van der Waals surface area contributed by atoms with Gasteiger partial charge in [0.2, 0.25) is 39.0 Å². The van der Waals surface area contributed by atoms with Gasteiger partial charge in [0, 0.05) is 30.3 Å². The predicted molar refractivity (Wildman–Crippen MR) is 282 cm³/mol. The van der Waals surface area contributed by atoms with Gasteiger partial charge in [0.1, 0.15) is 42.3 Å². The van der Waals surface area contributed by atoms with Crippen LogP contribution in [0.5, 0.6) is 5.75 Å². The third-order valence-electron chi connectivity index (χ3n) is 9.37. The quantitative estimate of drug-likeness (QED) is 0.0120. The van der Waals surface area contributed by atoms with Gasteiger partial charge in [-0.05, 0) is 100 Å². The molecule has 0 fully saturated rings. The molecule has 0 radical (unpaired) electrons. The van der Waals surface area contributed by atoms with Crippen LogP contribution in [0.25, 0.3) is 10.8 Å². The van der Waals surface area contributed by atoms with Crippen LogP contribution in [0.15, 0.2) is 104 Å². The van der Waals surface area contributed by atoms with E-state index < -0.39 is 120 Å². The van der Waals surface area contributed by atoms with Gasteiger partial charge < -0.3 is 26.8 Å². The van der Waals surface area contributed by atoms with Crippen molar-refractivity contribution in [2.24, 2.45) is 20.5 Å². The molecular formula is C35H27Cl4N17O16S7. The molecule has 0 saturated heterocycles. The topological polar surface area (TPSA) is 520 Å². The fraction of sp³-hybridized carbons (Fsp3) is 0.114. The van der Waals surface area contributed by atoms with E-state index in [0.717, 1.165) is 41.7 Å². The number of aromatic hydroxyl groups is 1. The van der Waals surface area contributed by atoms with Crippen LogP contribution in [-0.2, 0) is 50.6 Å². The fourth-order valence-electron chi connectivity index (χ4n) is 6.23. The number of halogens is 4. The molecule has 33 nitrogen and oxygen atoms in total. The van der Waals surface area contributed by atoms with Crippen LogP contribution in [0.2, 0.25) is 21.1 Å². The smallest absolute Gasteiger partial charge is 0.296 e. The van der Waals surface area contributed by atoms with Crippen LogP contribution in [0.1, 0.15) is 0 Å². The molecular weight excluding hydrogens is 1280 g/mol. The summed E-state index contributed by atoms with van der Waals surface area (Å²) in [5.74, 6) is -0.891. The largest absolute Gasteiger partial charge is 0.505 e. The Balaban J connectivity index is 1.28. The maximum atomic E-state index is 12.8. The number of nitrogens with zero attached hydrogens (tertiary/aromatic N) is 13. The van der Waals surface area contributed by atoms with Crippen molar-refractivity contribution in [2.75, 3.05) is 46.3 Å². The third-order valence-corrected chi connectivity index (χ3v) is 16.1. The minimum absolute atomic E-state index is 0.0675. The Morgan fingerprint density at radius 3 is 1.38 bits per heavy atom. The molecule has 3 aromatic heterocycles. The number of phenols is 1. The lowest BCUT2D eigenvalue weighted by atomic mass is 10.1. The molecule has 0 spiro atoms. The SMILES string of the molecule is Nc1c(N=Nc2cc(S(=O)(=O)O)ccc2S(=O)(=O)O)c(S(=O)(=O)O)cc2cc(S(=O)(=O)O)c(N=Nc3cc(Nc4nc(SCCNc5nc(Cl)nc(Cl)n5)nc(SCCNc5nc(Cl)nc(Cl)n5)n4)ccc3S(=O)(=O)O)c(O)c12. The van der Waals surface area contributed by atoms with Crippen LogP contribution < -0.4 is 21.7 Å². The zero-order valence-electron chi connectivity index (χ0n) is 38.0. The Labute approximate surface area is 471 Å². The van der Waals surface area contributed by atoms with Gasteiger partial charge in [-0.2, -0.15) is 86.9 Å². The number of azo groups is 2. The lowest BCUT2D eigenvalue weighted by molar-refractivity contribution is 0.472. The third kappa shape index (κ3) is 15.6. The summed E-state index contributed by atoms with van der Waals surface area (Å²) in [6.07, 6.45) is 0. The Morgan fingerprint density at radius 1 is 0.494 bits per heavy atom. The van der Waals surface area contributed by atoms with Crippen molar-refractivity contribution < 1.29 is 70.0 Å². The summed E-state index contributed by atoms with van der Waals surface area (Å²) in [5, 5.41) is 32.7. The molecule has 0 saturated carbocycles. The van der Waals surface area contributed by atoms with Gasteiger partial charge in [-0.3, -0.25) is 22.8 Å². The monoisotopic (exact) mass is 1300 g/mol. The van der Waals surface area contributed by atoms with Gasteiger partial charge in [0.25, 0.3) is 50.6 Å². The van der Waals surface area contributed by atoms with Gasteiger partial charge in [-0.15, -0.1) is 20.5 Å². The molecule has 0 bridgehead atoms. The maximum Gasteiger partial charge on any atom is 0.296 e. The first-order valence-corrected chi connectivity index (χ1v) is 30.9. The molecule has 418 valence electrons. The molecule has 4 aromatic carbocycles. The van der Waals surface area contributed by atoms with E-state index in [-0.39, 0.29) is 79.6 Å². The second-order valence-electron chi connectivity index (χ2n) is 14.7. The number of nitrogens with two attached hydrogens (primary N) is 1. The summed E-state index contributed by atoms with van der Waals surface area (Å²) < 4.78 is 174. The summed E-state index contributed by atoms with van der Waals surface area (Å²) in [6.45, 7) is 0.414. The number of nitrogens with one attached hydrogen (secondary N) is 3. The highest BCUT2D eigenvalue weighted by atomic mass is 35.5. The number of rotatable bonds is 21. The summed E-state index contributed by atoms with van der Waals surface area (Å²) in [4.78, 5) is 30.4. The molecule has 0 aliphatic heterocycles. The van der Waals surface area contributed by atoms with Gasteiger partial charge in [0.15, 0.2) is 16.1 Å². The van der Waals surface area contributed by atoms with Crippen LogP contribution in [0, 0.1) is 0 Å². The van der Waals surface area contributed by atoms with Crippen molar-refractivity contribution in [1.29, 1.82) is 0 Å². The highest BCUT2D eigenvalue weighted by Crippen LogP contribution is 2.49. The number of benzene rings is 4. The van der Waals surface area contributed by atoms with Crippen LogP contribution in [0.4, 0.5) is 52.0 Å². The Bertz CT molecular complexity index is 4160. The van der Waals surface area contributed by atoms with Crippen molar-refractivity contribution in [3.05, 3.63) is 69.7 Å². The van der Waals surface area contributed by atoms with E-state index in [1.54, 1.807) is 0 Å². The van der Waals surface area contributed by atoms with E-state index in [0.29, 0.717) is 30.3 Å². The average molecular weight is 1310 g/mol. The van der Waals surface area contributed by atoms with Gasteiger partial charge in [-0.1, -0.05) is 23.5 Å². The van der Waals surface area contributed by atoms with Crippen molar-refractivity contribution in [1.82, 2.24) is 44.9 Å². The lowest BCUT2D eigenvalue weighted by Crippen LogP contribution is -2.10. The molecule has 0 aliphatic rings. The molecule has 3 heterocycles. The molecule has 0 unspecified atom stereocenters.